The Balaban J connectivity index is 2.27. The molecule has 1 heterocycles. The van der Waals surface area contributed by atoms with Gasteiger partial charge >= 0.3 is 0 Å². The lowest BCUT2D eigenvalue weighted by molar-refractivity contribution is 0.0366. The van der Waals surface area contributed by atoms with Gasteiger partial charge in [0.05, 0.1) is 19.3 Å². The Kier molecular flexibility index (Phi) is 5.03. The molecule has 0 saturated carbocycles. The maximum atomic E-state index is 11.3. The topological polar surface area (TPSA) is 60.2 Å². The van der Waals surface area contributed by atoms with Crippen LogP contribution in [-0.2, 0) is 13.0 Å². The Bertz CT molecular complexity index is 596. The molecular formula is C16H25N3O2Si. The summed E-state index contributed by atoms with van der Waals surface area (Å²) in [6.45, 7) is 7.24. The molecule has 0 amide bonds. The highest BCUT2D eigenvalue weighted by molar-refractivity contribution is 6.76. The molecule has 1 atom stereocenters. The molecule has 0 aliphatic rings. The van der Waals surface area contributed by atoms with Gasteiger partial charge in [-0.25, -0.2) is 4.98 Å². The zero-order valence-electron chi connectivity index (χ0n) is 13.8. The molecule has 6 heteroatoms. The van der Waals surface area contributed by atoms with E-state index in [4.69, 9.17) is 4.74 Å². The predicted octanol–water partition coefficient (Wildman–Crippen LogP) is 2.60. The third-order valence-corrected chi connectivity index (χ3v) is 5.21. The van der Waals surface area contributed by atoms with Crippen LogP contribution in [-0.4, -0.2) is 40.7 Å². The quantitative estimate of drug-likeness (QED) is 0.797. The molecule has 2 rings (SSSR count). The van der Waals surface area contributed by atoms with Crippen LogP contribution in [0.3, 0.4) is 0 Å². The Morgan fingerprint density at radius 2 is 2.00 bits per heavy atom. The minimum atomic E-state index is -1.46. The summed E-state index contributed by atoms with van der Waals surface area (Å²) in [6, 6.07) is 8.65. The van der Waals surface area contributed by atoms with E-state index in [-0.39, 0.29) is 0 Å². The summed E-state index contributed by atoms with van der Waals surface area (Å²) < 4.78 is 7.13. The Labute approximate surface area is 133 Å². The van der Waals surface area contributed by atoms with Crippen molar-refractivity contribution in [3.05, 3.63) is 42.5 Å². The van der Waals surface area contributed by atoms with Gasteiger partial charge < -0.3 is 9.84 Å². The number of hydrogen-bond donors (Lipinski definition) is 1. The highest BCUT2D eigenvalue weighted by Gasteiger charge is 2.35. The minimum absolute atomic E-state index is 0.440. The van der Waals surface area contributed by atoms with E-state index in [1.54, 1.807) is 18.1 Å². The average Bonchev–Trinajstić information content (AvgIpc) is 2.89. The van der Waals surface area contributed by atoms with Crippen molar-refractivity contribution in [1.29, 1.82) is 0 Å². The van der Waals surface area contributed by atoms with Crippen molar-refractivity contribution >= 4 is 8.07 Å². The van der Waals surface area contributed by atoms with E-state index in [2.05, 4.69) is 29.7 Å². The molecule has 1 unspecified atom stereocenters. The van der Waals surface area contributed by atoms with Crippen LogP contribution in [0.2, 0.25) is 25.7 Å². The summed E-state index contributed by atoms with van der Waals surface area (Å²) in [5.74, 6) is 0.815. The molecule has 0 aliphatic carbocycles. The van der Waals surface area contributed by atoms with Gasteiger partial charge in [0.25, 0.3) is 0 Å². The smallest absolute Gasteiger partial charge is 0.137 e. The Morgan fingerprint density at radius 1 is 1.27 bits per heavy atom. The summed E-state index contributed by atoms with van der Waals surface area (Å²) >= 11 is 0. The van der Waals surface area contributed by atoms with Crippen LogP contribution in [0.5, 0.6) is 5.75 Å². The van der Waals surface area contributed by atoms with Crippen molar-refractivity contribution in [2.24, 2.45) is 0 Å². The van der Waals surface area contributed by atoms with E-state index in [1.807, 2.05) is 24.3 Å². The van der Waals surface area contributed by atoms with Crippen molar-refractivity contribution < 1.29 is 9.84 Å². The normalized spacial score (nSPS) is 14.6. The lowest BCUT2D eigenvalue weighted by atomic mass is 9.95. The monoisotopic (exact) mass is 319 g/mol. The van der Waals surface area contributed by atoms with E-state index in [1.165, 1.54) is 6.33 Å². The second-order valence-electron chi connectivity index (χ2n) is 7.04. The highest BCUT2D eigenvalue weighted by Crippen LogP contribution is 2.30. The van der Waals surface area contributed by atoms with Gasteiger partial charge in [0, 0.05) is 14.5 Å². The van der Waals surface area contributed by atoms with Crippen LogP contribution in [0.25, 0.3) is 0 Å². The number of para-hydroxylation sites is 1. The molecule has 0 aliphatic heterocycles. The lowest BCUT2D eigenvalue weighted by Crippen LogP contribution is -2.43. The fourth-order valence-corrected chi connectivity index (χ4v) is 5.19. The standard InChI is InChI=1S/C16H25N3O2Si/c1-21-15-8-6-5-7-14(15)9-16(20,11-22(2,3)4)10-19-13-17-12-18-19/h5-8,12-13,20H,9-11H2,1-4H3. The summed E-state index contributed by atoms with van der Waals surface area (Å²) in [7, 11) is 0.201. The van der Waals surface area contributed by atoms with Crippen molar-refractivity contribution in [1.82, 2.24) is 14.8 Å². The number of benzene rings is 1. The SMILES string of the molecule is COc1ccccc1CC(O)(Cn1cncn1)C[Si](C)(C)C. The fraction of sp³-hybridized carbons (Fsp3) is 0.500. The lowest BCUT2D eigenvalue weighted by Gasteiger charge is -2.34. The molecule has 1 aromatic carbocycles. The third-order valence-electron chi connectivity index (χ3n) is 3.49. The van der Waals surface area contributed by atoms with Gasteiger partial charge in [0.1, 0.15) is 18.4 Å². The maximum Gasteiger partial charge on any atom is 0.137 e. The molecule has 5 nitrogen and oxygen atoms in total. The molecule has 0 radical (unpaired) electrons. The van der Waals surface area contributed by atoms with Crippen LogP contribution in [0.15, 0.2) is 36.9 Å². The molecule has 0 fully saturated rings. The van der Waals surface area contributed by atoms with Gasteiger partial charge in [-0.15, -0.1) is 0 Å². The number of nitrogens with zero attached hydrogens (tertiary/aromatic N) is 3. The Hall–Kier alpha value is -1.66. The molecular weight excluding hydrogens is 294 g/mol. The summed E-state index contributed by atoms with van der Waals surface area (Å²) in [4.78, 5) is 3.97. The first-order valence-corrected chi connectivity index (χ1v) is 11.2. The number of ether oxygens (including phenoxy) is 1. The number of rotatable bonds is 7. The molecule has 1 N–H and O–H groups in total. The molecule has 1 aromatic heterocycles. The van der Waals surface area contributed by atoms with Crippen molar-refractivity contribution in [3.63, 3.8) is 0 Å². The zero-order chi connectivity index (χ0) is 16.2. The molecule has 120 valence electrons. The van der Waals surface area contributed by atoms with Gasteiger partial charge in [-0.2, -0.15) is 5.10 Å². The second kappa shape index (κ2) is 6.62. The van der Waals surface area contributed by atoms with Crippen molar-refractivity contribution in [3.8, 4) is 5.75 Å². The van der Waals surface area contributed by atoms with Crippen LogP contribution in [0.1, 0.15) is 5.56 Å². The van der Waals surface area contributed by atoms with Crippen molar-refractivity contribution in [2.45, 2.75) is 44.3 Å². The van der Waals surface area contributed by atoms with Crippen molar-refractivity contribution in [2.75, 3.05) is 7.11 Å². The van der Waals surface area contributed by atoms with Gasteiger partial charge in [0.2, 0.25) is 0 Å². The maximum absolute atomic E-state index is 11.3. The van der Waals surface area contributed by atoms with Gasteiger partial charge in [-0.05, 0) is 17.7 Å². The highest BCUT2D eigenvalue weighted by atomic mass is 28.3. The number of aromatic nitrogens is 3. The number of hydrogen-bond acceptors (Lipinski definition) is 4. The molecule has 0 bridgehead atoms. The Morgan fingerprint density at radius 3 is 2.59 bits per heavy atom. The number of methoxy groups -OCH3 is 1. The molecule has 22 heavy (non-hydrogen) atoms. The van der Waals surface area contributed by atoms with Crippen LogP contribution in [0.4, 0.5) is 0 Å². The van der Waals surface area contributed by atoms with Gasteiger partial charge in [0.15, 0.2) is 0 Å². The average molecular weight is 319 g/mol. The first kappa shape index (κ1) is 16.7. The first-order valence-electron chi connectivity index (χ1n) is 7.48. The zero-order valence-corrected chi connectivity index (χ0v) is 14.8. The predicted molar refractivity (Wildman–Crippen MR) is 89.8 cm³/mol. The second-order valence-corrected chi connectivity index (χ2v) is 12.5. The van der Waals surface area contributed by atoms with Gasteiger partial charge in [-0.1, -0.05) is 37.8 Å². The largest absolute Gasteiger partial charge is 0.496 e. The molecule has 0 spiro atoms. The summed E-state index contributed by atoms with van der Waals surface area (Å²) in [6.07, 6.45) is 3.69. The van der Waals surface area contributed by atoms with E-state index in [9.17, 15) is 5.11 Å². The summed E-state index contributed by atoms with van der Waals surface area (Å²) in [5.41, 5.74) is 0.165. The first-order chi connectivity index (χ1) is 10.3. The van der Waals surface area contributed by atoms with E-state index < -0.39 is 13.7 Å². The van der Waals surface area contributed by atoms with Gasteiger partial charge in [-0.3, -0.25) is 4.68 Å². The van der Waals surface area contributed by atoms with Crippen LogP contribution >= 0.6 is 0 Å². The van der Waals surface area contributed by atoms with E-state index in [0.29, 0.717) is 13.0 Å². The van der Waals surface area contributed by atoms with E-state index >= 15 is 0 Å². The minimum Gasteiger partial charge on any atom is -0.496 e. The molecule has 0 saturated heterocycles. The summed E-state index contributed by atoms with van der Waals surface area (Å²) in [5, 5.41) is 15.4. The number of aliphatic hydroxyl groups is 1. The fourth-order valence-electron chi connectivity index (χ4n) is 2.98. The molecule has 2 aromatic rings. The van der Waals surface area contributed by atoms with E-state index in [0.717, 1.165) is 17.4 Å². The third kappa shape index (κ3) is 4.67. The van der Waals surface area contributed by atoms with Crippen LogP contribution < -0.4 is 4.74 Å². The van der Waals surface area contributed by atoms with Crippen LogP contribution in [0, 0.1) is 0 Å².